The zero-order valence-electron chi connectivity index (χ0n) is 7.36. The van der Waals surface area contributed by atoms with Crippen molar-refractivity contribution in [3.05, 3.63) is 23.9 Å². The van der Waals surface area contributed by atoms with Crippen LogP contribution in [-0.2, 0) is 9.05 Å². The smallest absolute Gasteiger partial charge is 0.240 e. The maximum absolute atomic E-state index is 10.9. The van der Waals surface area contributed by atoms with Crippen LogP contribution < -0.4 is 0 Å². The highest BCUT2D eigenvalue weighted by Crippen LogP contribution is 2.16. The van der Waals surface area contributed by atoms with Gasteiger partial charge in [-0.2, -0.15) is 0 Å². The van der Waals surface area contributed by atoms with Gasteiger partial charge in [-0.3, -0.25) is 0 Å². The Morgan fingerprint density at radius 2 is 2.00 bits per heavy atom. The lowest BCUT2D eigenvalue weighted by molar-refractivity contribution is 0.605. The van der Waals surface area contributed by atoms with Crippen molar-refractivity contribution >= 4 is 19.7 Å². The Morgan fingerprint density at radius 1 is 1.38 bits per heavy atom. The number of halogens is 1. The van der Waals surface area contributed by atoms with E-state index in [1.54, 1.807) is 12.1 Å². The van der Waals surface area contributed by atoms with Gasteiger partial charge in [0.05, 0.1) is 0 Å². The molecule has 0 saturated heterocycles. The molecule has 0 aliphatic heterocycles. The molecule has 0 saturated carbocycles. The van der Waals surface area contributed by atoms with Gasteiger partial charge in [0.1, 0.15) is 0 Å². The molecule has 0 fully saturated rings. The van der Waals surface area contributed by atoms with Gasteiger partial charge in [0.15, 0.2) is 5.03 Å². The van der Waals surface area contributed by atoms with Gasteiger partial charge >= 0.3 is 0 Å². The minimum absolute atomic E-state index is 0.0830. The second-order valence-corrected chi connectivity index (χ2v) is 5.51. The van der Waals surface area contributed by atoms with Crippen molar-refractivity contribution in [3.8, 4) is 0 Å². The van der Waals surface area contributed by atoms with Crippen molar-refractivity contribution in [2.75, 3.05) is 0 Å². The Morgan fingerprint density at radius 3 is 2.46 bits per heavy atom. The molecule has 72 valence electrons. The lowest BCUT2D eigenvalue weighted by Gasteiger charge is -2.04. The average molecular weight is 220 g/mol. The number of hydrogen-bond acceptors (Lipinski definition) is 3. The summed E-state index contributed by atoms with van der Waals surface area (Å²) in [6, 6.07) is 4.79. The third-order valence-electron chi connectivity index (χ3n) is 1.59. The number of pyridine rings is 1. The Balaban J connectivity index is 3.21. The van der Waals surface area contributed by atoms with Crippen LogP contribution in [0.4, 0.5) is 0 Å². The Bertz CT molecular complexity index is 400. The third-order valence-corrected chi connectivity index (χ3v) is 2.79. The summed E-state index contributed by atoms with van der Waals surface area (Å²) in [5.74, 6) is 0.193. The average Bonchev–Trinajstić information content (AvgIpc) is 2.03. The topological polar surface area (TPSA) is 47.0 Å². The van der Waals surface area contributed by atoms with E-state index in [1.165, 1.54) is 6.07 Å². The van der Waals surface area contributed by atoms with E-state index in [2.05, 4.69) is 4.98 Å². The monoisotopic (exact) mass is 219 g/mol. The van der Waals surface area contributed by atoms with Crippen LogP contribution in [0.2, 0.25) is 0 Å². The van der Waals surface area contributed by atoms with Crippen LogP contribution in [-0.4, -0.2) is 13.4 Å². The second-order valence-electron chi connectivity index (χ2n) is 2.99. The van der Waals surface area contributed by atoms with E-state index in [1.807, 2.05) is 13.8 Å². The van der Waals surface area contributed by atoms with Crippen molar-refractivity contribution in [1.82, 2.24) is 4.98 Å². The summed E-state index contributed by atoms with van der Waals surface area (Å²) < 4.78 is 21.8. The minimum atomic E-state index is -3.70. The van der Waals surface area contributed by atoms with E-state index >= 15 is 0 Å². The Hall–Kier alpha value is -0.610. The highest BCUT2D eigenvalue weighted by atomic mass is 35.7. The number of aromatic nitrogens is 1. The molecule has 0 N–H and O–H groups in total. The fraction of sp³-hybridized carbons (Fsp3) is 0.375. The lowest BCUT2D eigenvalue weighted by atomic mass is 10.1. The molecule has 0 aliphatic carbocycles. The molecule has 3 nitrogen and oxygen atoms in total. The molecular formula is C8H10ClNO2S. The summed E-state index contributed by atoms with van der Waals surface area (Å²) in [5, 5.41) is -0.0830. The zero-order valence-corrected chi connectivity index (χ0v) is 8.93. The Kier molecular flexibility index (Phi) is 2.93. The van der Waals surface area contributed by atoms with E-state index in [0.717, 1.165) is 5.69 Å². The standard InChI is InChI=1S/C8H10ClNO2S/c1-6(2)7-4-3-5-8(10-7)13(9,11)12/h3-6H,1-2H3. The maximum Gasteiger partial charge on any atom is 0.278 e. The van der Waals surface area contributed by atoms with Crippen LogP contribution in [0.1, 0.15) is 25.5 Å². The van der Waals surface area contributed by atoms with Crippen LogP contribution in [0.25, 0.3) is 0 Å². The first-order valence-corrected chi connectivity index (χ1v) is 6.14. The van der Waals surface area contributed by atoms with Gasteiger partial charge in [0.25, 0.3) is 9.05 Å². The molecule has 0 atom stereocenters. The minimum Gasteiger partial charge on any atom is -0.240 e. The third kappa shape index (κ3) is 2.67. The zero-order chi connectivity index (χ0) is 10.1. The first-order valence-electron chi connectivity index (χ1n) is 3.83. The van der Waals surface area contributed by atoms with Gasteiger partial charge in [0.2, 0.25) is 0 Å². The molecule has 5 heteroatoms. The molecule has 0 spiro atoms. The van der Waals surface area contributed by atoms with Crippen LogP contribution in [0.15, 0.2) is 23.2 Å². The van der Waals surface area contributed by atoms with Crippen molar-refractivity contribution < 1.29 is 8.42 Å². The van der Waals surface area contributed by atoms with Crippen molar-refractivity contribution in [2.24, 2.45) is 0 Å². The lowest BCUT2D eigenvalue weighted by Crippen LogP contribution is -1.99. The van der Waals surface area contributed by atoms with Crippen molar-refractivity contribution in [2.45, 2.75) is 24.8 Å². The summed E-state index contributed by atoms with van der Waals surface area (Å²) in [5.41, 5.74) is 0.724. The predicted octanol–water partition coefficient (Wildman–Crippen LogP) is 2.13. The molecule has 0 aliphatic rings. The van der Waals surface area contributed by atoms with E-state index in [4.69, 9.17) is 10.7 Å². The molecule has 1 rings (SSSR count). The summed E-state index contributed by atoms with van der Waals surface area (Å²) >= 11 is 0. The number of hydrogen-bond donors (Lipinski definition) is 0. The number of nitrogens with zero attached hydrogens (tertiary/aromatic N) is 1. The second kappa shape index (κ2) is 3.64. The molecule has 0 unspecified atom stereocenters. The van der Waals surface area contributed by atoms with Gasteiger partial charge in [-0.15, -0.1) is 0 Å². The van der Waals surface area contributed by atoms with Crippen LogP contribution in [0, 0.1) is 0 Å². The molecule has 0 aromatic carbocycles. The highest BCUT2D eigenvalue weighted by molar-refractivity contribution is 8.13. The molecule has 13 heavy (non-hydrogen) atoms. The SMILES string of the molecule is CC(C)c1cccc(S(=O)(=O)Cl)n1. The van der Waals surface area contributed by atoms with Crippen molar-refractivity contribution in [3.63, 3.8) is 0 Å². The summed E-state index contributed by atoms with van der Waals surface area (Å²) in [6.07, 6.45) is 0. The molecule has 1 aromatic heterocycles. The first-order chi connectivity index (χ1) is 5.91. The van der Waals surface area contributed by atoms with Crippen LogP contribution in [0.3, 0.4) is 0 Å². The summed E-state index contributed by atoms with van der Waals surface area (Å²) in [4.78, 5) is 3.92. The predicted molar refractivity (Wildman–Crippen MR) is 51.4 cm³/mol. The Labute approximate surface area is 82.2 Å². The molecule has 1 aromatic rings. The normalized spacial score (nSPS) is 12.0. The van der Waals surface area contributed by atoms with Crippen LogP contribution >= 0.6 is 10.7 Å². The maximum atomic E-state index is 10.9. The fourth-order valence-corrected chi connectivity index (χ4v) is 1.60. The molecular weight excluding hydrogens is 210 g/mol. The van der Waals surface area contributed by atoms with Gasteiger partial charge < -0.3 is 0 Å². The largest absolute Gasteiger partial charge is 0.278 e. The molecule has 1 heterocycles. The first kappa shape index (κ1) is 10.5. The molecule has 0 bridgehead atoms. The van der Waals surface area contributed by atoms with E-state index in [-0.39, 0.29) is 10.9 Å². The quantitative estimate of drug-likeness (QED) is 0.716. The summed E-state index contributed by atoms with van der Waals surface area (Å²) in [6.45, 7) is 3.87. The molecule has 0 amide bonds. The van der Waals surface area contributed by atoms with Gasteiger partial charge in [-0.25, -0.2) is 13.4 Å². The fourth-order valence-electron chi connectivity index (χ4n) is 0.888. The van der Waals surface area contributed by atoms with E-state index in [9.17, 15) is 8.42 Å². The van der Waals surface area contributed by atoms with E-state index in [0.29, 0.717) is 0 Å². The number of rotatable bonds is 2. The van der Waals surface area contributed by atoms with Gasteiger partial charge in [-0.05, 0) is 18.1 Å². The van der Waals surface area contributed by atoms with Gasteiger partial charge in [-0.1, -0.05) is 19.9 Å². The van der Waals surface area contributed by atoms with Gasteiger partial charge in [0, 0.05) is 16.4 Å². The highest BCUT2D eigenvalue weighted by Gasteiger charge is 2.12. The van der Waals surface area contributed by atoms with E-state index < -0.39 is 9.05 Å². The van der Waals surface area contributed by atoms with Crippen molar-refractivity contribution in [1.29, 1.82) is 0 Å². The summed E-state index contributed by atoms with van der Waals surface area (Å²) in [7, 11) is 1.45. The molecule has 0 radical (unpaired) electrons. The van der Waals surface area contributed by atoms with Crippen LogP contribution in [0.5, 0.6) is 0 Å².